The molecule has 0 unspecified atom stereocenters. The van der Waals surface area contributed by atoms with E-state index in [1.807, 2.05) is 31.2 Å². The van der Waals surface area contributed by atoms with Gasteiger partial charge in [-0.3, -0.25) is 4.79 Å². The van der Waals surface area contributed by atoms with Crippen molar-refractivity contribution in [3.8, 4) is 0 Å². The number of rotatable bonds is 10. The number of carbonyl (C=O) groups is 1. The van der Waals surface area contributed by atoms with Crippen molar-refractivity contribution in [3.05, 3.63) is 48.0 Å². The van der Waals surface area contributed by atoms with Gasteiger partial charge in [-0.25, -0.2) is 0 Å². The molecular weight excluding hydrogens is 316 g/mol. The van der Waals surface area contributed by atoms with Crippen LogP contribution in [0.25, 0.3) is 0 Å². The molecule has 138 valence electrons. The first kappa shape index (κ1) is 19.8. The number of ketones is 1. The molecule has 4 nitrogen and oxygen atoms in total. The number of ether oxygens (including phenoxy) is 3. The van der Waals surface area contributed by atoms with Crippen LogP contribution in [0.2, 0.25) is 0 Å². The van der Waals surface area contributed by atoms with Crippen molar-refractivity contribution in [2.75, 3.05) is 27.1 Å². The van der Waals surface area contributed by atoms with Crippen LogP contribution in [0.3, 0.4) is 0 Å². The zero-order valence-electron chi connectivity index (χ0n) is 15.4. The Bertz CT molecular complexity index is 526. The first-order valence-corrected chi connectivity index (χ1v) is 9.16. The first-order valence-electron chi connectivity index (χ1n) is 9.16. The second-order valence-electron chi connectivity index (χ2n) is 6.53. The molecule has 0 N–H and O–H groups in total. The van der Waals surface area contributed by atoms with E-state index in [-0.39, 0.29) is 24.7 Å². The average Bonchev–Trinajstić information content (AvgIpc) is 2.64. The molecule has 25 heavy (non-hydrogen) atoms. The van der Waals surface area contributed by atoms with Crippen LogP contribution in [0.1, 0.15) is 44.1 Å². The molecule has 2 rings (SSSR count). The van der Waals surface area contributed by atoms with Crippen LogP contribution in [0.15, 0.2) is 42.5 Å². The number of hydrogen-bond donors (Lipinski definition) is 0. The largest absolute Gasteiger partial charge is 0.382 e. The maximum atomic E-state index is 12.4. The van der Waals surface area contributed by atoms with Gasteiger partial charge in [0, 0.05) is 25.4 Å². The standard InChI is InChI=1S/C21H30O4/c1-17(25-16-24-15-14-23-2)12-13-19(18-8-4-3-5-9-18)20-10-6-7-11-21(20)22/h3-5,8-9,12-13,17,19-20H,6-7,10-11,14-16H2,1-2H3/b13-12+/t17-,19+,20+/m0/s1. The van der Waals surface area contributed by atoms with E-state index in [2.05, 4.69) is 18.2 Å². The molecule has 0 aromatic heterocycles. The lowest BCUT2D eigenvalue weighted by Crippen LogP contribution is -2.25. The Morgan fingerprint density at radius 1 is 1.16 bits per heavy atom. The highest BCUT2D eigenvalue weighted by atomic mass is 16.7. The van der Waals surface area contributed by atoms with Gasteiger partial charge in [0.25, 0.3) is 0 Å². The van der Waals surface area contributed by atoms with Crippen molar-refractivity contribution in [1.29, 1.82) is 0 Å². The molecule has 0 bridgehead atoms. The summed E-state index contributed by atoms with van der Waals surface area (Å²) < 4.78 is 15.9. The van der Waals surface area contributed by atoms with Crippen LogP contribution in [-0.4, -0.2) is 39.0 Å². The van der Waals surface area contributed by atoms with E-state index in [0.29, 0.717) is 25.4 Å². The summed E-state index contributed by atoms with van der Waals surface area (Å²) in [6.45, 7) is 3.32. The number of carbonyl (C=O) groups excluding carboxylic acids is 1. The fraction of sp³-hybridized carbons (Fsp3) is 0.571. The van der Waals surface area contributed by atoms with Crippen molar-refractivity contribution >= 4 is 5.78 Å². The van der Waals surface area contributed by atoms with Crippen LogP contribution in [-0.2, 0) is 19.0 Å². The second-order valence-corrected chi connectivity index (χ2v) is 6.53. The monoisotopic (exact) mass is 346 g/mol. The molecule has 1 aromatic carbocycles. The van der Waals surface area contributed by atoms with Gasteiger partial charge in [0.15, 0.2) is 0 Å². The number of allylic oxidation sites excluding steroid dienone is 1. The molecule has 0 saturated heterocycles. The maximum Gasteiger partial charge on any atom is 0.147 e. The topological polar surface area (TPSA) is 44.8 Å². The van der Waals surface area contributed by atoms with Crippen molar-refractivity contribution in [2.24, 2.45) is 5.92 Å². The Kier molecular flexibility index (Phi) is 8.87. The van der Waals surface area contributed by atoms with Gasteiger partial charge in [0.2, 0.25) is 0 Å². The lowest BCUT2D eigenvalue weighted by Gasteiger charge is -2.27. The normalized spacial score (nSPS) is 20.7. The van der Waals surface area contributed by atoms with Crippen LogP contribution >= 0.6 is 0 Å². The van der Waals surface area contributed by atoms with E-state index < -0.39 is 0 Å². The molecule has 1 aliphatic carbocycles. The van der Waals surface area contributed by atoms with Gasteiger partial charge in [-0.2, -0.15) is 0 Å². The molecule has 0 aliphatic heterocycles. The third-order valence-corrected chi connectivity index (χ3v) is 4.66. The predicted molar refractivity (Wildman–Crippen MR) is 98.5 cm³/mol. The van der Waals surface area contributed by atoms with Crippen molar-refractivity contribution in [1.82, 2.24) is 0 Å². The maximum absolute atomic E-state index is 12.4. The molecule has 0 spiro atoms. The van der Waals surface area contributed by atoms with E-state index in [9.17, 15) is 4.79 Å². The predicted octanol–water partition coefficient (Wildman–Crippen LogP) is 4.11. The minimum atomic E-state index is -0.0625. The van der Waals surface area contributed by atoms with E-state index in [1.165, 1.54) is 5.56 Å². The molecule has 0 amide bonds. The Morgan fingerprint density at radius 2 is 1.96 bits per heavy atom. The summed E-state index contributed by atoms with van der Waals surface area (Å²) >= 11 is 0. The summed E-state index contributed by atoms with van der Waals surface area (Å²) in [7, 11) is 1.64. The number of methoxy groups -OCH3 is 1. The summed E-state index contributed by atoms with van der Waals surface area (Å²) in [6, 6.07) is 10.3. The van der Waals surface area contributed by atoms with E-state index in [4.69, 9.17) is 14.2 Å². The van der Waals surface area contributed by atoms with Gasteiger partial charge in [-0.1, -0.05) is 48.9 Å². The van der Waals surface area contributed by atoms with Crippen LogP contribution in [0.4, 0.5) is 0 Å². The highest BCUT2D eigenvalue weighted by Crippen LogP contribution is 2.35. The van der Waals surface area contributed by atoms with Gasteiger partial charge in [-0.05, 0) is 25.3 Å². The quantitative estimate of drug-likeness (QED) is 0.363. The lowest BCUT2D eigenvalue weighted by molar-refractivity contribution is -0.124. The van der Waals surface area contributed by atoms with Crippen molar-refractivity contribution < 1.29 is 19.0 Å². The highest BCUT2D eigenvalue weighted by molar-refractivity contribution is 5.83. The van der Waals surface area contributed by atoms with E-state index >= 15 is 0 Å². The minimum Gasteiger partial charge on any atom is -0.382 e. The van der Waals surface area contributed by atoms with E-state index in [1.54, 1.807) is 7.11 Å². The fourth-order valence-corrected chi connectivity index (χ4v) is 3.23. The first-order chi connectivity index (χ1) is 12.2. The van der Waals surface area contributed by atoms with Crippen molar-refractivity contribution in [3.63, 3.8) is 0 Å². The Labute approximate surface area is 151 Å². The Balaban J connectivity index is 1.97. The van der Waals surface area contributed by atoms with Crippen LogP contribution < -0.4 is 0 Å². The number of Topliss-reactive ketones (excluding diaryl/α,β-unsaturated/α-hetero) is 1. The molecule has 0 radical (unpaired) electrons. The minimum absolute atomic E-state index is 0.0625. The van der Waals surface area contributed by atoms with Gasteiger partial charge >= 0.3 is 0 Å². The molecule has 0 heterocycles. The summed E-state index contributed by atoms with van der Waals surface area (Å²) in [6.07, 6.45) is 7.96. The molecule has 1 saturated carbocycles. The number of hydrogen-bond acceptors (Lipinski definition) is 4. The van der Waals surface area contributed by atoms with Gasteiger partial charge in [-0.15, -0.1) is 0 Å². The van der Waals surface area contributed by atoms with E-state index in [0.717, 1.165) is 19.3 Å². The molecule has 1 aromatic rings. The summed E-state index contributed by atoms with van der Waals surface area (Å²) in [4.78, 5) is 12.4. The van der Waals surface area contributed by atoms with Crippen LogP contribution in [0.5, 0.6) is 0 Å². The zero-order valence-corrected chi connectivity index (χ0v) is 15.4. The van der Waals surface area contributed by atoms with Gasteiger partial charge < -0.3 is 14.2 Å². The third kappa shape index (κ3) is 6.73. The third-order valence-electron chi connectivity index (χ3n) is 4.66. The lowest BCUT2D eigenvalue weighted by atomic mass is 9.76. The molecule has 1 fully saturated rings. The number of benzene rings is 1. The smallest absolute Gasteiger partial charge is 0.147 e. The zero-order chi connectivity index (χ0) is 17.9. The second kappa shape index (κ2) is 11.2. The summed E-state index contributed by atoms with van der Waals surface area (Å²) in [5.74, 6) is 0.591. The van der Waals surface area contributed by atoms with Gasteiger partial charge in [0.1, 0.15) is 12.6 Å². The summed E-state index contributed by atoms with van der Waals surface area (Å²) in [5.41, 5.74) is 1.20. The SMILES string of the molecule is COCCOCO[C@@H](C)/C=C/[C@H](c1ccccc1)[C@H]1CCCCC1=O. The molecular formula is C21H30O4. The highest BCUT2D eigenvalue weighted by Gasteiger charge is 2.29. The summed E-state index contributed by atoms with van der Waals surface area (Å²) in [5, 5.41) is 0. The molecule has 3 atom stereocenters. The Morgan fingerprint density at radius 3 is 2.68 bits per heavy atom. The Hall–Kier alpha value is -1.49. The van der Waals surface area contributed by atoms with Crippen molar-refractivity contribution in [2.45, 2.75) is 44.6 Å². The van der Waals surface area contributed by atoms with Gasteiger partial charge in [0.05, 0.1) is 19.3 Å². The fourth-order valence-electron chi connectivity index (χ4n) is 3.23. The molecule has 1 aliphatic rings. The molecule has 4 heteroatoms. The average molecular weight is 346 g/mol. The van der Waals surface area contributed by atoms with Crippen LogP contribution in [0, 0.1) is 5.92 Å².